The van der Waals surface area contributed by atoms with Gasteiger partial charge in [0.15, 0.2) is 0 Å². The van der Waals surface area contributed by atoms with Crippen molar-refractivity contribution in [1.82, 2.24) is 5.32 Å². The lowest BCUT2D eigenvalue weighted by Crippen LogP contribution is -2.28. The summed E-state index contributed by atoms with van der Waals surface area (Å²) in [4.78, 5) is 0. The Labute approximate surface area is 120 Å². The third-order valence-corrected chi connectivity index (χ3v) is 3.06. The first-order valence-electron chi connectivity index (χ1n) is 6.71. The molecule has 0 saturated heterocycles. The van der Waals surface area contributed by atoms with Gasteiger partial charge in [-0.05, 0) is 12.5 Å². The van der Waals surface area contributed by atoms with Gasteiger partial charge in [-0.15, -0.1) is 0 Å². The average molecular weight is 283 g/mol. The van der Waals surface area contributed by atoms with E-state index in [0.29, 0.717) is 23.2 Å². The van der Waals surface area contributed by atoms with Gasteiger partial charge in [0.2, 0.25) is 0 Å². The standard InChI is InChI=1S/C15H25NO4/c1-10(2)8-16-12(9-17)15-13(19-4)6-11(18-3)7-14(15)20-5/h6-7,10,12,16-17H,8-9H2,1-5H3. The summed E-state index contributed by atoms with van der Waals surface area (Å²) < 4.78 is 16.0. The zero-order valence-corrected chi connectivity index (χ0v) is 12.9. The second-order valence-electron chi connectivity index (χ2n) is 4.98. The van der Waals surface area contributed by atoms with Crippen molar-refractivity contribution in [2.24, 2.45) is 5.92 Å². The Morgan fingerprint density at radius 1 is 1.05 bits per heavy atom. The zero-order chi connectivity index (χ0) is 15.1. The normalized spacial score (nSPS) is 12.3. The maximum Gasteiger partial charge on any atom is 0.131 e. The molecule has 1 aromatic carbocycles. The number of hydrogen-bond donors (Lipinski definition) is 2. The monoisotopic (exact) mass is 283 g/mol. The minimum absolute atomic E-state index is 0.0359. The van der Waals surface area contributed by atoms with Gasteiger partial charge in [0.05, 0.1) is 39.5 Å². The maximum absolute atomic E-state index is 9.65. The average Bonchev–Trinajstić information content (AvgIpc) is 2.46. The van der Waals surface area contributed by atoms with Crippen LogP contribution in [-0.4, -0.2) is 39.6 Å². The number of methoxy groups -OCH3 is 3. The third kappa shape index (κ3) is 4.02. The van der Waals surface area contributed by atoms with Crippen LogP contribution in [0, 0.1) is 5.92 Å². The van der Waals surface area contributed by atoms with E-state index in [-0.39, 0.29) is 12.6 Å². The van der Waals surface area contributed by atoms with E-state index in [1.807, 2.05) is 0 Å². The van der Waals surface area contributed by atoms with Crippen molar-refractivity contribution < 1.29 is 19.3 Å². The number of hydrogen-bond acceptors (Lipinski definition) is 5. The molecule has 0 bridgehead atoms. The summed E-state index contributed by atoms with van der Waals surface area (Å²) in [5.74, 6) is 2.41. The topological polar surface area (TPSA) is 60.0 Å². The van der Waals surface area contributed by atoms with Gasteiger partial charge in [0, 0.05) is 12.1 Å². The predicted octanol–water partition coefficient (Wildman–Crippen LogP) is 1.99. The number of rotatable bonds is 8. The minimum atomic E-state index is -0.242. The van der Waals surface area contributed by atoms with Crippen LogP contribution in [0.4, 0.5) is 0 Å². The van der Waals surface area contributed by atoms with Crippen molar-refractivity contribution >= 4 is 0 Å². The van der Waals surface area contributed by atoms with E-state index < -0.39 is 0 Å². The van der Waals surface area contributed by atoms with Gasteiger partial charge in [-0.25, -0.2) is 0 Å². The van der Waals surface area contributed by atoms with E-state index >= 15 is 0 Å². The molecule has 0 spiro atoms. The smallest absolute Gasteiger partial charge is 0.131 e. The Kier molecular flexibility index (Phi) is 6.61. The molecular formula is C15H25NO4. The van der Waals surface area contributed by atoms with Crippen LogP contribution < -0.4 is 19.5 Å². The second kappa shape index (κ2) is 7.97. The van der Waals surface area contributed by atoms with Crippen LogP contribution in [0.5, 0.6) is 17.2 Å². The molecular weight excluding hydrogens is 258 g/mol. The zero-order valence-electron chi connectivity index (χ0n) is 12.9. The second-order valence-corrected chi connectivity index (χ2v) is 4.98. The van der Waals surface area contributed by atoms with Crippen LogP contribution in [0.3, 0.4) is 0 Å². The lowest BCUT2D eigenvalue weighted by atomic mass is 10.0. The molecule has 1 rings (SSSR count). The fourth-order valence-electron chi connectivity index (χ4n) is 2.01. The molecule has 1 aromatic rings. The quantitative estimate of drug-likeness (QED) is 0.764. The highest BCUT2D eigenvalue weighted by Gasteiger charge is 2.21. The molecule has 0 fully saturated rings. The van der Waals surface area contributed by atoms with Crippen molar-refractivity contribution in [2.45, 2.75) is 19.9 Å². The van der Waals surface area contributed by atoms with Crippen molar-refractivity contribution in [3.63, 3.8) is 0 Å². The lowest BCUT2D eigenvalue weighted by Gasteiger charge is -2.23. The van der Waals surface area contributed by atoms with Crippen molar-refractivity contribution in [2.75, 3.05) is 34.5 Å². The van der Waals surface area contributed by atoms with Crippen LogP contribution in [0.15, 0.2) is 12.1 Å². The maximum atomic E-state index is 9.65. The largest absolute Gasteiger partial charge is 0.496 e. The molecule has 5 heteroatoms. The van der Waals surface area contributed by atoms with E-state index in [0.717, 1.165) is 12.1 Å². The van der Waals surface area contributed by atoms with Crippen LogP contribution >= 0.6 is 0 Å². The first-order chi connectivity index (χ1) is 9.57. The van der Waals surface area contributed by atoms with Gasteiger partial charge in [0.25, 0.3) is 0 Å². The Balaban J connectivity index is 3.17. The summed E-state index contributed by atoms with van der Waals surface area (Å²) in [6.45, 7) is 4.99. The van der Waals surface area contributed by atoms with Gasteiger partial charge >= 0.3 is 0 Å². The van der Waals surface area contributed by atoms with E-state index in [1.54, 1.807) is 33.5 Å². The van der Waals surface area contributed by atoms with E-state index in [2.05, 4.69) is 19.2 Å². The lowest BCUT2D eigenvalue weighted by molar-refractivity contribution is 0.233. The number of benzene rings is 1. The van der Waals surface area contributed by atoms with E-state index in [4.69, 9.17) is 14.2 Å². The first kappa shape index (κ1) is 16.6. The summed E-state index contributed by atoms with van der Waals surface area (Å²) >= 11 is 0. The van der Waals surface area contributed by atoms with Gasteiger partial charge in [0.1, 0.15) is 17.2 Å². The molecule has 1 unspecified atom stereocenters. The fraction of sp³-hybridized carbons (Fsp3) is 0.600. The molecule has 2 N–H and O–H groups in total. The molecule has 0 aromatic heterocycles. The predicted molar refractivity (Wildman–Crippen MR) is 78.8 cm³/mol. The molecule has 114 valence electrons. The number of ether oxygens (including phenoxy) is 3. The van der Waals surface area contributed by atoms with Crippen LogP contribution in [0.25, 0.3) is 0 Å². The van der Waals surface area contributed by atoms with Crippen LogP contribution in [0.2, 0.25) is 0 Å². The summed E-state index contributed by atoms with van der Waals surface area (Å²) in [5, 5.41) is 13.0. The molecule has 0 radical (unpaired) electrons. The molecule has 0 amide bonds. The van der Waals surface area contributed by atoms with Crippen LogP contribution in [0.1, 0.15) is 25.5 Å². The van der Waals surface area contributed by atoms with Gasteiger partial charge in [-0.1, -0.05) is 13.8 Å². The van der Waals surface area contributed by atoms with Gasteiger partial charge in [-0.2, -0.15) is 0 Å². The Morgan fingerprint density at radius 2 is 1.60 bits per heavy atom. The van der Waals surface area contributed by atoms with Crippen LogP contribution in [-0.2, 0) is 0 Å². The Morgan fingerprint density at radius 3 is 1.95 bits per heavy atom. The van der Waals surface area contributed by atoms with Crippen molar-refractivity contribution in [3.8, 4) is 17.2 Å². The minimum Gasteiger partial charge on any atom is -0.496 e. The Hall–Kier alpha value is -1.46. The van der Waals surface area contributed by atoms with E-state index in [1.165, 1.54) is 0 Å². The number of aliphatic hydroxyl groups is 1. The number of nitrogens with one attached hydrogen (secondary N) is 1. The summed E-state index contributed by atoms with van der Waals surface area (Å²) in [7, 11) is 4.78. The molecule has 0 saturated carbocycles. The fourth-order valence-corrected chi connectivity index (χ4v) is 2.01. The van der Waals surface area contributed by atoms with Gasteiger partial charge < -0.3 is 24.6 Å². The highest BCUT2D eigenvalue weighted by molar-refractivity contribution is 5.52. The van der Waals surface area contributed by atoms with E-state index in [9.17, 15) is 5.11 Å². The molecule has 5 nitrogen and oxygen atoms in total. The summed E-state index contributed by atoms with van der Waals surface area (Å²) in [6.07, 6.45) is 0. The third-order valence-electron chi connectivity index (χ3n) is 3.06. The molecule has 0 aliphatic heterocycles. The van der Waals surface area contributed by atoms with Gasteiger partial charge in [-0.3, -0.25) is 0 Å². The highest BCUT2D eigenvalue weighted by atomic mass is 16.5. The molecule has 20 heavy (non-hydrogen) atoms. The Bertz CT molecular complexity index is 395. The summed E-state index contributed by atoms with van der Waals surface area (Å²) in [5.41, 5.74) is 0.805. The molecule has 0 heterocycles. The SMILES string of the molecule is COc1cc(OC)c(C(CO)NCC(C)C)c(OC)c1. The van der Waals surface area contributed by atoms with Crippen molar-refractivity contribution in [3.05, 3.63) is 17.7 Å². The molecule has 0 aliphatic carbocycles. The molecule has 1 atom stereocenters. The number of aliphatic hydroxyl groups excluding tert-OH is 1. The first-order valence-corrected chi connectivity index (χ1v) is 6.71. The highest BCUT2D eigenvalue weighted by Crippen LogP contribution is 2.38. The summed E-state index contributed by atoms with van der Waals surface area (Å²) in [6, 6.07) is 3.34. The molecule has 0 aliphatic rings. The van der Waals surface area contributed by atoms with Crippen molar-refractivity contribution in [1.29, 1.82) is 0 Å².